The summed E-state index contributed by atoms with van der Waals surface area (Å²) in [5.74, 6) is 0.415. The maximum atomic E-state index is 11.7. The van der Waals surface area contributed by atoms with Crippen LogP contribution < -0.4 is 10.9 Å². The number of hydrogen-bond acceptors (Lipinski definition) is 6. The molecule has 0 amide bonds. The van der Waals surface area contributed by atoms with Crippen molar-refractivity contribution in [3.05, 3.63) is 16.7 Å². The summed E-state index contributed by atoms with van der Waals surface area (Å²) in [4.78, 5) is 25.2. The van der Waals surface area contributed by atoms with Gasteiger partial charge in [0.15, 0.2) is 11.2 Å². The molecule has 0 aromatic carbocycles. The van der Waals surface area contributed by atoms with E-state index in [1.807, 2.05) is 0 Å². The van der Waals surface area contributed by atoms with Gasteiger partial charge in [-0.1, -0.05) is 0 Å². The molecular formula is C11H15N5O3. The van der Waals surface area contributed by atoms with Crippen LogP contribution in [0, 0.1) is 11.8 Å². The fourth-order valence-corrected chi connectivity index (χ4v) is 2.55. The Hall–Kier alpha value is -1.93. The van der Waals surface area contributed by atoms with E-state index in [0.29, 0.717) is 17.1 Å². The van der Waals surface area contributed by atoms with Crippen molar-refractivity contribution in [2.45, 2.75) is 12.5 Å². The van der Waals surface area contributed by atoms with Crippen LogP contribution in [-0.2, 0) is 0 Å². The van der Waals surface area contributed by atoms with Gasteiger partial charge in [-0.15, -0.1) is 0 Å². The van der Waals surface area contributed by atoms with Gasteiger partial charge in [-0.25, -0.2) is 4.98 Å². The smallest absolute Gasteiger partial charge is 0.278 e. The molecule has 0 saturated heterocycles. The van der Waals surface area contributed by atoms with E-state index >= 15 is 0 Å². The minimum atomic E-state index is -0.288. The number of nitrogens with zero attached hydrogens (tertiary/aromatic N) is 2. The highest BCUT2D eigenvalue weighted by atomic mass is 16.3. The van der Waals surface area contributed by atoms with E-state index in [4.69, 9.17) is 5.11 Å². The van der Waals surface area contributed by atoms with Crippen molar-refractivity contribution in [1.29, 1.82) is 0 Å². The van der Waals surface area contributed by atoms with Crippen LogP contribution in [0.3, 0.4) is 0 Å². The molecule has 5 N–H and O–H groups in total. The molecule has 8 nitrogen and oxygen atoms in total. The highest BCUT2D eigenvalue weighted by Gasteiger charge is 2.40. The van der Waals surface area contributed by atoms with E-state index in [0.717, 1.165) is 6.42 Å². The lowest BCUT2D eigenvalue weighted by atomic mass is 9.70. The largest absolute Gasteiger partial charge is 0.396 e. The second-order valence-electron chi connectivity index (χ2n) is 4.79. The van der Waals surface area contributed by atoms with Crippen molar-refractivity contribution < 1.29 is 10.2 Å². The van der Waals surface area contributed by atoms with Crippen LogP contribution in [0.25, 0.3) is 11.2 Å². The van der Waals surface area contributed by atoms with Gasteiger partial charge in [0.05, 0.1) is 6.33 Å². The molecular weight excluding hydrogens is 250 g/mol. The number of rotatable bonds is 4. The van der Waals surface area contributed by atoms with Crippen LogP contribution in [-0.4, -0.2) is 49.4 Å². The van der Waals surface area contributed by atoms with Gasteiger partial charge in [-0.2, -0.15) is 4.98 Å². The number of fused-ring (bicyclic) bond motifs is 1. The molecule has 1 saturated carbocycles. The number of anilines is 1. The SMILES string of the molecule is O=c1[nH]c(NC2CC(CO)C2CO)nc2nc[nH]c12. The zero-order chi connectivity index (χ0) is 13.4. The Morgan fingerprint density at radius 3 is 3.00 bits per heavy atom. The first-order valence-electron chi connectivity index (χ1n) is 6.14. The maximum Gasteiger partial charge on any atom is 0.278 e. The Labute approximate surface area is 107 Å². The van der Waals surface area contributed by atoms with Crippen LogP contribution in [0.2, 0.25) is 0 Å². The highest BCUT2D eigenvalue weighted by Crippen LogP contribution is 2.35. The fraction of sp³-hybridized carbons (Fsp3) is 0.545. The van der Waals surface area contributed by atoms with Crippen molar-refractivity contribution in [1.82, 2.24) is 19.9 Å². The summed E-state index contributed by atoms with van der Waals surface area (Å²) in [6.45, 7) is 0.0591. The number of H-pyrrole nitrogens is 2. The molecule has 3 atom stereocenters. The average Bonchev–Trinajstić information content (AvgIpc) is 2.83. The molecule has 19 heavy (non-hydrogen) atoms. The number of imidazole rings is 1. The predicted molar refractivity (Wildman–Crippen MR) is 67.7 cm³/mol. The summed E-state index contributed by atoms with van der Waals surface area (Å²) >= 11 is 0. The van der Waals surface area contributed by atoms with Crippen LogP contribution in [0.4, 0.5) is 5.95 Å². The number of nitrogens with one attached hydrogen (secondary N) is 3. The highest BCUT2D eigenvalue weighted by molar-refractivity contribution is 5.69. The van der Waals surface area contributed by atoms with Crippen molar-refractivity contribution in [2.75, 3.05) is 18.5 Å². The van der Waals surface area contributed by atoms with Gasteiger partial charge in [0.25, 0.3) is 5.56 Å². The minimum Gasteiger partial charge on any atom is -0.396 e. The second-order valence-corrected chi connectivity index (χ2v) is 4.79. The van der Waals surface area contributed by atoms with E-state index in [9.17, 15) is 9.90 Å². The third-order valence-corrected chi connectivity index (χ3v) is 3.74. The summed E-state index contributed by atoms with van der Waals surface area (Å²) in [5, 5.41) is 21.4. The molecule has 2 aromatic rings. The van der Waals surface area contributed by atoms with Crippen molar-refractivity contribution >= 4 is 17.1 Å². The topological polar surface area (TPSA) is 127 Å². The minimum absolute atomic E-state index is 0.00157. The Bertz CT molecular complexity index is 637. The maximum absolute atomic E-state index is 11.7. The molecule has 2 aromatic heterocycles. The van der Waals surface area contributed by atoms with E-state index in [1.54, 1.807) is 0 Å². The summed E-state index contributed by atoms with van der Waals surface area (Å²) in [5.41, 5.74) is 0.402. The number of aromatic nitrogens is 4. The normalized spacial score (nSPS) is 26.3. The van der Waals surface area contributed by atoms with Gasteiger partial charge in [-0.3, -0.25) is 9.78 Å². The van der Waals surface area contributed by atoms with Gasteiger partial charge >= 0.3 is 0 Å². The van der Waals surface area contributed by atoms with E-state index in [-0.39, 0.29) is 36.7 Å². The van der Waals surface area contributed by atoms with Crippen LogP contribution in [0.15, 0.2) is 11.1 Å². The first-order chi connectivity index (χ1) is 9.22. The van der Waals surface area contributed by atoms with E-state index in [2.05, 4.69) is 25.3 Å². The summed E-state index contributed by atoms with van der Waals surface area (Å²) < 4.78 is 0. The van der Waals surface area contributed by atoms with Gasteiger partial charge in [0, 0.05) is 25.2 Å². The number of aliphatic hydroxyl groups excluding tert-OH is 2. The monoisotopic (exact) mass is 265 g/mol. The summed E-state index contributed by atoms with van der Waals surface area (Å²) in [6, 6.07) is 0.00157. The zero-order valence-electron chi connectivity index (χ0n) is 10.1. The van der Waals surface area contributed by atoms with Crippen molar-refractivity contribution in [2.24, 2.45) is 11.8 Å². The Morgan fingerprint density at radius 1 is 1.42 bits per heavy atom. The van der Waals surface area contributed by atoms with Gasteiger partial charge in [0.1, 0.15) is 0 Å². The standard InChI is InChI=1S/C11H15N5O3/c17-2-5-1-7(6(5)3-18)14-11-15-9-8(10(19)16-11)12-4-13-9/h4-7,17-18H,1-3H2,(H3,12,13,14,15,16,19). The molecule has 2 heterocycles. The zero-order valence-corrected chi connectivity index (χ0v) is 10.1. The van der Waals surface area contributed by atoms with Gasteiger partial charge in [0.2, 0.25) is 5.95 Å². The molecule has 1 aliphatic rings. The molecule has 3 unspecified atom stereocenters. The third kappa shape index (κ3) is 1.98. The Balaban J connectivity index is 1.80. The molecule has 0 aliphatic heterocycles. The Kier molecular flexibility index (Phi) is 2.96. The lowest BCUT2D eigenvalue weighted by Crippen LogP contribution is -2.50. The quantitative estimate of drug-likeness (QED) is 0.485. The molecule has 102 valence electrons. The van der Waals surface area contributed by atoms with Crippen LogP contribution in [0.1, 0.15) is 6.42 Å². The fourth-order valence-electron chi connectivity index (χ4n) is 2.55. The van der Waals surface area contributed by atoms with Crippen LogP contribution in [0.5, 0.6) is 0 Å². The lowest BCUT2D eigenvalue weighted by Gasteiger charge is -2.43. The predicted octanol–water partition coefficient (Wildman–Crippen LogP) is -0.953. The number of aromatic amines is 2. The number of hydrogen-bond donors (Lipinski definition) is 5. The molecule has 3 rings (SSSR count). The van der Waals surface area contributed by atoms with Crippen molar-refractivity contribution in [3.63, 3.8) is 0 Å². The Morgan fingerprint density at radius 2 is 2.26 bits per heavy atom. The third-order valence-electron chi connectivity index (χ3n) is 3.74. The van der Waals surface area contributed by atoms with Gasteiger partial charge < -0.3 is 20.5 Å². The number of aliphatic hydroxyl groups is 2. The summed E-state index contributed by atoms with van der Waals surface area (Å²) in [7, 11) is 0. The first-order valence-corrected chi connectivity index (χ1v) is 6.14. The lowest BCUT2D eigenvalue weighted by molar-refractivity contribution is 0.0326. The van der Waals surface area contributed by atoms with Crippen molar-refractivity contribution in [3.8, 4) is 0 Å². The molecule has 1 aliphatic carbocycles. The molecule has 0 spiro atoms. The molecule has 0 bridgehead atoms. The van der Waals surface area contributed by atoms with Gasteiger partial charge in [-0.05, 0) is 12.3 Å². The molecule has 8 heteroatoms. The summed E-state index contributed by atoms with van der Waals surface area (Å²) in [6.07, 6.45) is 2.16. The molecule has 1 fully saturated rings. The first kappa shape index (κ1) is 12.1. The second kappa shape index (κ2) is 4.63. The van der Waals surface area contributed by atoms with Crippen LogP contribution >= 0.6 is 0 Å². The van der Waals surface area contributed by atoms with E-state index < -0.39 is 0 Å². The average molecular weight is 265 g/mol. The molecule has 0 radical (unpaired) electrons. The van der Waals surface area contributed by atoms with E-state index in [1.165, 1.54) is 6.33 Å².